The van der Waals surface area contributed by atoms with Crippen LogP contribution in [0, 0.1) is 5.92 Å². The summed E-state index contributed by atoms with van der Waals surface area (Å²) in [6.45, 7) is 2.24. The summed E-state index contributed by atoms with van der Waals surface area (Å²) in [5.74, 6) is 0.612. The zero-order chi connectivity index (χ0) is 13.8. The first-order valence-corrected chi connectivity index (χ1v) is 7.04. The fourth-order valence-electron chi connectivity index (χ4n) is 2.87. The van der Waals surface area contributed by atoms with Crippen LogP contribution in [0.2, 0.25) is 0 Å². The van der Waals surface area contributed by atoms with E-state index in [9.17, 15) is 4.79 Å². The number of aromatic nitrogens is 1. The van der Waals surface area contributed by atoms with Crippen LogP contribution in [0.25, 0.3) is 0 Å². The molecular formula is C15H23N3O. The molecule has 1 fully saturated rings. The van der Waals surface area contributed by atoms with E-state index in [2.05, 4.69) is 17.2 Å². The Morgan fingerprint density at radius 3 is 2.68 bits per heavy atom. The van der Waals surface area contributed by atoms with E-state index in [1.165, 1.54) is 19.3 Å². The largest absolute Gasteiger partial charge is 0.387 e. The van der Waals surface area contributed by atoms with Crippen molar-refractivity contribution in [1.29, 1.82) is 0 Å². The van der Waals surface area contributed by atoms with Crippen molar-refractivity contribution in [2.24, 2.45) is 5.92 Å². The van der Waals surface area contributed by atoms with Gasteiger partial charge in [-0.1, -0.05) is 19.8 Å². The number of nitrogens with one attached hydrogen (secondary N) is 1. The SMILES string of the molecule is CNc1ccc(C(=O)N(C)C2CCCCC2C)nc1. The Hall–Kier alpha value is -1.58. The lowest BCUT2D eigenvalue weighted by atomic mass is 9.85. The summed E-state index contributed by atoms with van der Waals surface area (Å²) in [5, 5.41) is 3.01. The van der Waals surface area contributed by atoms with Gasteiger partial charge in [-0.05, 0) is 30.9 Å². The molecule has 2 rings (SSSR count). The molecule has 1 aliphatic rings. The minimum absolute atomic E-state index is 0.0291. The molecule has 1 aliphatic carbocycles. The van der Waals surface area contributed by atoms with Gasteiger partial charge in [0.2, 0.25) is 0 Å². The third kappa shape index (κ3) is 3.06. The predicted octanol–water partition coefficient (Wildman–Crippen LogP) is 2.77. The third-order valence-electron chi connectivity index (χ3n) is 4.16. The monoisotopic (exact) mass is 261 g/mol. The van der Waals surface area contributed by atoms with Crippen molar-refractivity contribution in [3.63, 3.8) is 0 Å². The number of carbonyl (C=O) groups excluding carboxylic acids is 1. The topological polar surface area (TPSA) is 45.2 Å². The van der Waals surface area contributed by atoms with E-state index in [1.54, 1.807) is 12.3 Å². The molecule has 0 aliphatic heterocycles. The minimum atomic E-state index is 0.0291. The minimum Gasteiger partial charge on any atom is -0.387 e. The van der Waals surface area contributed by atoms with E-state index >= 15 is 0 Å². The van der Waals surface area contributed by atoms with E-state index in [-0.39, 0.29) is 5.91 Å². The molecule has 1 aromatic heterocycles. The van der Waals surface area contributed by atoms with E-state index in [1.807, 2.05) is 25.1 Å². The summed E-state index contributed by atoms with van der Waals surface area (Å²) in [6, 6.07) is 4.03. The van der Waals surface area contributed by atoms with Crippen LogP contribution in [0.5, 0.6) is 0 Å². The van der Waals surface area contributed by atoms with Crippen molar-refractivity contribution < 1.29 is 4.79 Å². The Morgan fingerprint density at radius 2 is 2.11 bits per heavy atom. The average molecular weight is 261 g/mol. The first-order valence-electron chi connectivity index (χ1n) is 7.04. The number of pyridine rings is 1. The molecule has 1 heterocycles. The van der Waals surface area contributed by atoms with Gasteiger partial charge in [-0.25, -0.2) is 4.98 Å². The average Bonchev–Trinajstić information content (AvgIpc) is 2.46. The van der Waals surface area contributed by atoms with E-state index < -0.39 is 0 Å². The molecule has 19 heavy (non-hydrogen) atoms. The van der Waals surface area contributed by atoms with Crippen molar-refractivity contribution >= 4 is 11.6 Å². The molecule has 0 spiro atoms. The van der Waals surface area contributed by atoms with Crippen LogP contribution in [0.3, 0.4) is 0 Å². The summed E-state index contributed by atoms with van der Waals surface area (Å²) in [5.41, 5.74) is 1.45. The van der Waals surface area contributed by atoms with Crippen LogP contribution >= 0.6 is 0 Å². The quantitative estimate of drug-likeness (QED) is 0.910. The Bertz CT molecular complexity index is 430. The maximum absolute atomic E-state index is 12.4. The van der Waals surface area contributed by atoms with Crippen molar-refractivity contribution in [2.45, 2.75) is 38.6 Å². The van der Waals surface area contributed by atoms with Gasteiger partial charge in [0.25, 0.3) is 5.91 Å². The number of anilines is 1. The molecule has 1 aromatic rings. The molecule has 1 amide bonds. The van der Waals surface area contributed by atoms with Gasteiger partial charge in [-0.3, -0.25) is 4.79 Å². The molecule has 0 aromatic carbocycles. The number of rotatable bonds is 3. The fourth-order valence-corrected chi connectivity index (χ4v) is 2.87. The van der Waals surface area contributed by atoms with E-state index in [0.29, 0.717) is 17.7 Å². The second kappa shape index (κ2) is 6.04. The molecule has 104 valence electrons. The standard InChI is InChI=1S/C15H23N3O/c1-11-6-4-5-7-14(11)18(3)15(19)13-9-8-12(16-2)10-17-13/h8-11,14,16H,4-7H2,1-3H3. The van der Waals surface area contributed by atoms with Gasteiger partial charge in [0.05, 0.1) is 11.9 Å². The Kier molecular flexibility index (Phi) is 4.40. The fraction of sp³-hybridized carbons (Fsp3) is 0.600. The zero-order valence-corrected chi connectivity index (χ0v) is 12.0. The van der Waals surface area contributed by atoms with E-state index in [0.717, 1.165) is 12.1 Å². The second-order valence-corrected chi connectivity index (χ2v) is 5.43. The summed E-state index contributed by atoms with van der Waals surface area (Å²) in [4.78, 5) is 18.5. The van der Waals surface area contributed by atoms with Crippen molar-refractivity contribution in [2.75, 3.05) is 19.4 Å². The van der Waals surface area contributed by atoms with Gasteiger partial charge in [-0.2, -0.15) is 0 Å². The summed E-state index contributed by atoms with van der Waals surface area (Å²) in [7, 11) is 3.75. The summed E-state index contributed by atoms with van der Waals surface area (Å²) in [6.07, 6.45) is 6.53. The number of amides is 1. The third-order valence-corrected chi connectivity index (χ3v) is 4.16. The highest BCUT2D eigenvalue weighted by atomic mass is 16.2. The van der Waals surface area contributed by atoms with Crippen molar-refractivity contribution in [1.82, 2.24) is 9.88 Å². The molecule has 4 heteroatoms. The van der Waals surface area contributed by atoms with Crippen LogP contribution in [0.15, 0.2) is 18.3 Å². The molecular weight excluding hydrogens is 238 g/mol. The summed E-state index contributed by atoms with van der Waals surface area (Å²) >= 11 is 0. The normalized spacial score (nSPS) is 22.9. The molecule has 0 bridgehead atoms. The number of carbonyl (C=O) groups is 1. The van der Waals surface area contributed by atoms with Gasteiger partial charge in [0, 0.05) is 20.1 Å². The van der Waals surface area contributed by atoms with Crippen LogP contribution in [0.1, 0.15) is 43.1 Å². The Balaban J connectivity index is 2.08. The molecule has 0 radical (unpaired) electrons. The van der Waals surface area contributed by atoms with Crippen molar-refractivity contribution in [3.05, 3.63) is 24.0 Å². The van der Waals surface area contributed by atoms with Gasteiger partial charge < -0.3 is 10.2 Å². The highest BCUT2D eigenvalue weighted by molar-refractivity contribution is 5.92. The molecule has 1 N–H and O–H groups in total. The zero-order valence-electron chi connectivity index (χ0n) is 12.0. The lowest BCUT2D eigenvalue weighted by Gasteiger charge is -2.36. The lowest BCUT2D eigenvalue weighted by Crippen LogP contribution is -2.42. The Labute approximate surface area is 115 Å². The summed E-state index contributed by atoms with van der Waals surface area (Å²) < 4.78 is 0. The molecule has 1 saturated carbocycles. The van der Waals surface area contributed by atoms with Gasteiger partial charge in [-0.15, -0.1) is 0 Å². The Morgan fingerprint density at radius 1 is 1.37 bits per heavy atom. The van der Waals surface area contributed by atoms with Gasteiger partial charge in [0.15, 0.2) is 0 Å². The van der Waals surface area contributed by atoms with Crippen LogP contribution in [-0.4, -0.2) is 35.9 Å². The maximum Gasteiger partial charge on any atom is 0.272 e. The van der Waals surface area contributed by atoms with Crippen molar-refractivity contribution in [3.8, 4) is 0 Å². The smallest absolute Gasteiger partial charge is 0.272 e. The second-order valence-electron chi connectivity index (χ2n) is 5.43. The van der Waals surface area contributed by atoms with Crippen LogP contribution in [-0.2, 0) is 0 Å². The first kappa shape index (κ1) is 13.8. The predicted molar refractivity (Wildman–Crippen MR) is 77.3 cm³/mol. The lowest BCUT2D eigenvalue weighted by molar-refractivity contribution is 0.0623. The van der Waals surface area contributed by atoms with Gasteiger partial charge >= 0.3 is 0 Å². The van der Waals surface area contributed by atoms with Crippen LogP contribution in [0.4, 0.5) is 5.69 Å². The highest BCUT2D eigenvalue weighted by Gasteiger charge is 2.28. The van der Waals surface area contributed by atoms with E-state index in [4.69, 9.17) is 0 Å². The highest BCUT2D eigenvalue weighted by Crippen LogP contribution is 2.28. The first-order chi connectivity index (χ1) is 9.13. The molecule has 0 saturated heterocycles. The number of hydrogen-bond acceptors (Lipinski definition) is 3. The van der Waals surface area contributed by atoms with Crippen LogP contribution < -0.4 is 5.32 Å². The maximum atomic E-state index is 12.4. The molecule has 2 unspecified atom stereocenters. The molecule has 2 atom stereocenters. The van der Waals surface area contributed by atoms with Gasteiger partial charge in [0.1, 0.15) is 5.69 Å². The molecule has 4 nitrogen and oxygen atoms in total. The number of nitrogens with zero attached hydrogens (tertiary/aromatic N) is 2. The number of hydrogen-bond donors (Lipinski definition) is 1.